The van der Waals surface area contributed by atoms with Crippen LogP contribution in [0.5, 0.6) is 0 Å². The van der Waals surface area contributed by atoms with Crippen LogP contribution in [0.25, 0.3) is 17.3 Å². The largest absolute Gasteiger partial charge is 0.288 e. The molecule has 158 valence electrons. The van der Waals surface area contributed by atoms with E-state index in [0.717, 1.165) is 23.0 Å². The van der Waals surface area contributed by atoms with E-state index in [1.54, 1.807) is 48.4 Å². The third kappa shape index (κ3) is 3.94. The Balaban J connectivity index is 2.08. The van der Waals surface area contributed by atoms with Crippen LogP contribution in [0.1, 0.15) is 21.5 Å². The number of nitriles is 1. The molecule has 0 spiro atoms. The second kappa shape index (κ2) is 8.57. The molecule has 0 aliphatic rings. The number of carbonyl (C=O) groups is 1. The van der Waals surface area contributed by atoms with Crippen LogP contribution < -0.4 is 14.8 Å². The third-order valence-electron chi connectivity index (χ3n) is 4.78. The van der Waals surface area contributed by atoms with E-state index in [9.17, 15) is 19.2 Å². The molecule has 8 heteroatoms. The molecule has 2 aromatic carbocycles. The summed E-state index contributed by atoms with van der Waals surface area (Å²) in [5, 5.41) is 14.0. The quantitative estimate of drug-likeness (QED) is 0.453. The highest BCUT2D eigenvalue weighted by atomic mass is 32.1. The second-order valence-electron chi connectivity index (χ2n) is 7.14. The van der Waals surface area contributed by atoms with Crippen molar-refractivity contribution in [1.29, 1.82) is 5.26 Å². The summed E-state index contributed by atoms with van der Waals surface area (Å²) in [4.78, 5) is 26.5. The number of hydrogen-bond acceptors (Lipinski definition) is 5. The summed E-state index contributed by atoms with van der Waals surface area (Å²) in [6.07, 6.45) is 5.00. The third-order valence-corrected chi connectivity index (χ3v) is 5.87. The molecule has 0 unspecified atom stereocenters. The SMILES string of the molecule is Cc1cccc(-n2c(=O)/c(=C/c3cnn(C)c3)s/c2=C(/C#N)C(=O)c2ccccc2F)c1. The zero-order chi connectivity index (χ0) is 22.8. The van der Waals surface area contributed by atoms with Gasteiger partial charge in [-0.3, -0.25) is 18.8 Å². The highest BCUT2D eigenvalue weighted by Gasteiger charge is 2.21. The number of ketones is 1. The molecule has 0 radical (unpaired) electrons. The lowest BCUT2D eigenvalue weighted by Gasteiger charge is -2.05. The monoisotopic (exact) mass is 444 g/mol. The first-order valence-electron chi connectivity index (χ1n) is 9.62. The standard InChI is InChI=1S/C24H17FN4O2S/c1-15-6-5-7-17(10-15)29-23(31)21(11-16-13-27-28(2)14-16)32-24(29)19(12-26)22(30)18-8-3-4-9-20(18)25/h3-11,13-14H,1-2H3/b21-11-,24-19-. The van der Waals surface area contributed by atoms with Crippen LogP contribution in [0.4, 0.5) is 4.39 Å². The van der Waals surface area contributed by atoms with Gasteiger partial charge in [0.25, 0.3) is 5.56 Å². The summed E-state index contributed by atoms with van der Waals surface area (Å²) in [7, 11) is 1.76. The maximum absolute atomic E-state index is 14.3. The molecule has 2 heterocycles. The Bertz CT molecular complexity index is 1570. The fourth-order valence-electron chi connectivity index (χ4n) is 3.29. The highest BCUT2D eigenvalue weighted by molar-refractivity contribution is 7.07. The summed E-state index contributed by atoms with van der Waals surface area (Å²) < 4.78 is 17.7. The van der Waals surface area contributed by atoms with Crippen LogP contribution in [0.2, 0.25) is 0 Å². The van der Waals surface area contributed by atoms with Crippen molar-refractivity contribution in [3.8, 4) is 11.8 Å². The van der Waals surface area contributed by atoms with Crippen LogP contribution >= 0.6 is 11.3 Å². The number of aryl methyl sites for hydroxylation is 2. The Hall–Kier alpha value is -4.09. The smallest absolute Gasteiger partial charge is 0.273 e. The minimum Gasteiger partial charge on any atom is -0.288 e. The molecule has 32 heavy (non-hydrogen) atoms. The van der Waals surface area contributed by atoms with Crippen molar-refractivity contribution in [2.24, 2.45) is 7.05 Å². The van der Waals surface area contributed by atoms with Crippen molar-refractivity contribution in [2.45, 2.75) is 6.92 Å². The molecule has 0 aliphatic carbocycles. The average molecular weight is 444 g/mol. The number of thiazole rings is 1. The van der Waals surface area contributed by atoms with Gasteiger partial charge >= 0.3 is 0 Å². The normalized spacial score (nSPS) is 12.5. The molecular weight excluding hydrogens is 427 g/mol. The Labute approximate surface area is 186 Å². The minimum atomic E-state index is -0.777. The van der Waals surface area contributed by atoms with Crippen molar-refractivity contribution < 1.29 is 9.18 Å². The number of rotatable bonds is 4. The van der Waals surface area contributed by atoms with Crippen LogP contribution in [-0.2, 0) is 7.05 Å². The maximum atomic E-state index is 14.3. The summed E-state index contributed by atoms with van der Waals surface area (Å²) >= 11 is 1.01. The number of nitrogens with zero attached hydrogens (tertiary/aromatic N) is 4. The number of carbonyl (C=O) groups excluding carboxylic acids is 1. The van der Waals surface area contributed by atoms with Crippen molar-refractivity contribution >= 4 is 28.8 Å². The summed E-state index contributed by atoms with van der Waals surface area (Å²) in [5.74, 6) is -1.51. The van der Waals surface area contributed by atoms with E-state index in [2.05, 4.69) is 5.10 Å². The lowest BCUT2D eigenvalue weighted by Crippen LogP contribution is -2.31. The Morgan fingerprint density at radius 2 is 2.00 bits per heavy atom. The van der Waals surface area contributed by atoms with Gasteiger partial charge in [-0.05, 0) is 42.8 Å². The fourth-order valence-corrected chi connectivity index (χ4v) is 4.40. The zero-order valence-electron chi connectivity index (χ0n) is 17.2. The Morgan fingerprint density at radius 1 is 1.22 bits per heavy atom. The van der Waals surface area contributed by atoms with Gasteiger partial charge in [-0.15, -0.1) is 11.3 Å². The Kier molecular flexibility index (Phi) is 5.67. The van der Waals surface area contributed by atoms with E-state index in [1.165, 1.54) is 22.8 Å². The molecule has 0 N–H and O–H groups in total. The lowest BCUT2D eigenvalue weighted by atomic mass is 10.0. The van der Waals surface area contributed by atoms with E-state index in [-0.39, 0.29) is 21.4 Å². The first kappa shape index (κ1) is 21.2. The van der Waals surface area contributed by atoms with E-state index in [1.807, 2.05) is 19.1 Å². The van der Waals surface area contributed by atoms with E-state index in [0.29, 0.717) is 15.8 Å². The van der Waals surface area contributed by atoms with Crippen LogP contribution in [0.3, 0.4) is 0 Å². The van der Waals surface area contributed by atoms with Gasteiger partial charge in [-0.1, -0.05) is 24.3 Å². The molecular formula is C24H17FN4O2S. The van der Waals surface area contributed by atoms with E-state index < -0.39 is 11.6 Å². The molecule has 0 saturated carbocycles. The molecule has 4 rings (SSSR count). The van der Waals surface area contributed by atoms with Gasteiger partial charge in [0.1, 0.15) is 22.1 Å². The molecule has 0 fully saturated rings. The maximum Gasteiger partial charge on any atom is 0.273 e. The highest BCUT2D eigenvalue weighted by Crippen LogP contribution is 2.13. The lowest BCUT2D eigenvalue weighted by molar-refractivity contribution is 0.105. The predicted molar refractivity (Wildman–Crippen MR) is 120 cm³/mol. The molecule has 0 amide bonds. The van der Waals surface area contributed by atoms with Crippen molar-refractivity contribution in [3.05, 3.63) is 103 Å². The first-order chi connectivity index (χ1) is 15.4. The number of hydrogen-bond donors (Lipinski definition) is 0. The predicted octanol–water partition coefficient (Wildman–Crippen LogP) is 2.47. The average Bonchev–Trinajstić information content (AvgIpc) is 3.32. The van der Waals surface area contributed by atoms with Gasteiger partial charge in [-0.2, -0.15) is 10.4 Å². The molecule has 0 saturated heterocycles. The summed E-state index contributed by atoms with van der Waals surface area (Å²) in [6, 6.07) is 14.5. The van der Waals surface area contributed by atoms with Crippen molar-refractivity contribution in [1.82, 2.24) is 14.3 Å². The molecule has 0 bridgehead atoms. The fraction of sp³-hybridized carbons (Fsp3) is 0.0833. The van der Waals surface area contributed by atoms with E-state index >= 15 is 0 Å². The number of halogens is 1. The van der Waals surface area contributed by atoms with Crippen molar-refractivity contribution in [2.75, 3.05) is 0 Å². The van der Waals surface area contributed by atoms with Gasteiger partial charge in [0, 0.05) is 18.8 Å². The van der Waals surface area contributed by atoms with Crippen molar-refractivity contribution in [3.63, 3.8) is 0 Å². The van der Waals surface area contributed by atoms with Gasteiger partial charge in [0.15, 0.2) is 0 Å². The Morgan fingerprint density at radius 3 is 2.66 bits per heavy atom. The second-order valence-corrected chi connectivity index (χ2v) is 8.17. The minimum absolute atomic E-state index is 0.145. The number of aromatic nitrogens is 3. The molecule has 0 atom stereocenters. The van der Waals surface area contributed by atoms with Gasteiger partial charge in [-0.25, -0.2) is 4.39 Å². The summed E-state index contributed by atoms with van der Waals surface area (Å²) in [6.45, 7) is 1.88. The molecule has 6 nitrogen and oxygen atoms in total. The van der Waals surface area contributed by atoms with Gasteiger partial charge in [0.05, 0.1) is 22.0 Å². The van der Waals surface area contributed by atoms with Gasteiger partial charge < -0.3 is 0 Å². The van der Waals surface area contributed by atoms with Gasteiger partial charge in [0.2, 0.25) is 5.78 Å². The zero-order valence-corrected chi connectivity index (χ0v) is 18.1. The van der Waals surface area contributed by atoms with Crippen LogP contribution in [0.15, 0.2) is 65.7 Å². The first-order valence-corrected chi connectivity index (χ1v) is 10.4. The number of Topliss-reactive ketones (excluding diaryl/α,β-unsaturated/α-hetero) is 1. The summed E-state index contributed by atoms with van der Waals surface area (Å²) in [5.41, 5.74) is 1.22. The van der Waals surface area contributed by atoms with Crippen LogP contribution in [-0.4, -0.2) is 20.1 Å². The molecule has 2 aromatic heterocycles. The molecule has 4 aromatic rings. The van der Waals surface area contributed by atoms with Crippen LogP contribution in [0, 0.1) is 24.1 Å². The molecule has 0 aliphatic heterocycles. The number of benzene rings is 2. The van der Waals surface area contributed by atoms with E-state index in [4.69, 9.17) is 0 Å². The topological polar surface area (TPSA) is 80.7 Å².